The van der Waals surface area contributed by atoms with Crippen molar-refractivity contribution >= 4 is 37.6 Å². The van der Waals surface area contributed by atoms with E-state index < -0.39 is 0 Å². The van der Waals surface area contributed by atoms with E-state index >= 15 is 0 Å². The molecule has 13 heavy (non-hydrogen) atoms. The van der Waals surface area contributed by atoms with Gasteiger partial charge in [0.2, 0.25) is 0 Å². The predicted octanol–water partition coefficient (Wildman–Crippen LogP) is 3.42. The number of rotatable bonds is 2. The van der Waals surface area contributed by atoms with Crippen LogP contribution in [0.4, 0.5) is 0 Å². The normalized spacial score (nSPS) is 9.85. The zero-order valence-corrected chi connectivity index (χ0v) is 10.4. The Hall–Kier alpha value is -0.350. The molecule has 0 aromatic heterocycles. The van der Waals surface area contributed by atoms with Crippen LogP contribution in [0.3, 0.4) is 0 Å². The van der Waals surface area contributed by atoms with Crippen molar-refractivity contribution in [2.24, 2.45) is 0 Å². The van der Waals surface area contributed by atoms with Gasteiger partial charge in [-0.1, -0.05) is 0 Å². The summed E-state index contributed by atoms with van der Waals surface area (Å²) in [5, 5.41) is 0. The van der Waals surface area contributed by atoms with Gasteiger partial charge in [-0.25, -0.2) is 0 Å². The third-order valence-corrected chi connectivity index (χ3v) is 2.90. The van der Waals surface area contributed by atoms with Gasteiger partial charge in [0.15, 0.2) is 5.78 Å². The lowest BCUT2D eigenvalue weighted by atomic mass is 10.1. The molecule has 0 bridgehead atoms. The topological polar surface area (TPSA) is 26.3 Å². The Morgan fingerprint density at radius 3 is 2.23 bits per heavy atom. The van der Waals surface area contributed by atoms with Gasteiger partial charge in [0.25, 0.3) is 0 Å². The smallest absolute Gasteiger partial charge is 0.164 e. The van der Waals surface area contributed by atoms with Gasteiger partial charge >= 0.3 is 0 Å². The fourth-order valence-corrected chi connectivity index (χ4v) is 2.14. The number of hydrogen-bond acceptors (Lipinski definition) is 2. The first-order valence-electron chi connectivity index (χ1n) is 3.61. The number of ether oxygens (including phenoxy) is 1. The number of ketones is 1. The van der Waals surface area contributed by atoms with Gasteiger partial charge in [-0.15, -0.1) is 0 Å². The molecule has 0 saturated heterocycles. The standard InChI is InChI=1S/C9H8Br2O2/c1-5(12)8-6(10)3-4-7(11)9(8)13-2/h3-4H,1-2H3. The Morgan fingerprint density at radius 2 is 1.85 bits per heavy atom. The zero-order chi connectivity index (χ0) is 10.0. The van der Waals surface area contributed by atoms with Crippen molar-refractivity contribution in [2.75, 3.05) is 7.11 Å². The van der Waals surface area contributed by atoms with Gasteiger partial charge < -0.3 is 4.74 Å². The first-order valence-corrected chi connectivity index (χ1v) is 5.19. The molecule has 70 valence electrons. The summed E-state index contributed by atoms with van der Waals surface area (Å²) < 4.78 is 6.65. The molecule has 0 heterocycles. The zero-order valence-electron chi connectivity index (χ0n) is 7.23. The van der Waals surface area contributed by atoms with E-state index in [-0.39, 0.29) is 5.78 Å². The van der Waals surface area contributed by atoms with Gasteiger partial charge in [0, 0.05) is 4.47 Å². The van der Waals surface area contributed by atoms with Crippen LogP contribution in [0.15, 0.2) is 21.1 Å². The summed E-state index contributed by atoms with van der Waals surface area (Å²) >= 11 is 6.61. The number of benzene rings is 1. The van der Waals surface area contributed by atoms with Crippen molar-refractivity contribution in [2.45, 2.75) is 6.92 Å². The summed E-state index contributed by atoms with van der Waals surface area (Å²) in [4.78, 5) is 11.3. The highest BCUT2D eigenvalue weighted by Crippen LogP contribution is 2.34. The highest BCUT2D eigenvalue weighted by molar-refractivity contribution is 9.11. The van der Waals surface area contributed by atoms with E-state index in [1.54, 1.807) is 7.11 Å². The minimum absolute atomic E-state index is 0.0231. The number of Topliss-reactive ketones (excluding diaryl/α,β-unsaturated/α-hetero) is 1. The van der Waals surface area contributed by atoms with E-state index in [1.807, 2.05) is 12.1 Å². The predicted molar refractivity (Wildman–Crippen MR) is 58.4 cm³/mol. The lowest BCUT2D eigenvalue weighted by Gasteiger charge is -2.09. The van der Waals surface area contributed by atoms with Gasteiger partial charge in [0.1, 0.15) is 5.75 Å². The Kier molecular flexibility index (Phi) is 3.50. The van der Waals surface area contributed by atoms with Crippen LogP contribution >= 0.6 is 31.9 Å². The Labute approximate surface area is 93.5 Å². The van der Waals surface area contributed by atoms with E-state index in [9.17, 15) is 4.79 Å². The van der Waals surface area contributed by atoms with E-state index in [0.717, 1.165) is 8.95 Å². The number of carbonyl (C=O) groups excluding carboxylic acids is 1. The summed E-state index contributed by atoms with van der Waals surface area (Å²) in [6, 6.07) is 3.64. The molecule has 1 rings (SSSR count). The monoisotopic (exact) mass is 306 g/mol. The van der Waals surface area contributed by atoms with Crippen molar-refractivity contribution in [3.8, 4) is 5.75 Å². The molecule has 0 aliphatic heterocycles. The maximum atomic E-state index is 11.3. The molecule has 0 N–H and O–H groups in total. The number of carbonyl (C=O) groups is 1. The van der Waals surface area contributed by atoms with Crippen LogP contribution < -0.4 is 4.74 Å². The molecule has 2 nitrogen and oxygen atoms in total. The molecule has 0 aliphatic rings. The molecule has 0 aliphatic carbocycles. The molecule has 0 unspecified atom stereocenters. The molecular formula is C9H8Br2O2. The van der Waals surface area contributed by atoms with Crippen LogP contribution in [0.2, 0.25) is 0 Å². The fraction of sp³-hybridized carbons (Fsp3) is 0.222. The largest absolute Gasteiger partial charge is 0.495 e. The van der Waals surface area contributed by atoms with Crippen LogP contribution in [-0.2, 0) is 0 Å². The average molecular weight is 308 g/mol. The van der Waals surface area contributed by atoms with Crippen LogP contribution in [0.25, 0.3) is 0 Å². The lowest BCUT2D eigenvalue weighted by molar-refractivity contribution is 0.101. The SMILES string of the molecule is COc1c(Br)ccc(Br)c1C(C)=O. The maximum absolute atomic E-state index is 11.3. The Balaban J connectivity index is 3.43. The van der Waals surface area contributed by atoms with Crippen molar-refractivity contribution < 1.29 is 9.53 Å². The molecule has 0 radical (unpaired) electrons. The molecule has 1 aromatic carbocycles. The first kappa shape index (κ1) is 10.7. The third-order valence-electron chi connectivity index (χ3n) is 1.61. The minimum Gasteiger partial charge on any atom is -0.495 e. The van der Waals surface area contributed by atoms with Gasteiger partial charge in [0.05, 0.1) is 17.1 Å². The third kappa shape index (κ3) is 2.11. The number of hydrogen-bond donors (Lipinski definition) is 0. The summed E-state index contributed by atoms with van der Waals surface area (Å²) in [5.41, 5.74) is 0.567. The molecule has 0 saturated carbocycles. The molecule has 0 spiro atoms. The van der Waals surface area contributed by atoms with Crippen LogP contribution in [-0.4, -0.2) is 12.9 Å². The minimum atomic E-state index is -0.0231. The Bertz CT molecular complexity index is 348. The van der Waals surface area contributed by atoms with Crippen molar-refractivity contribution in [1.82, 2.24) is 0 Å². The number of halogens is 2. The molecule has 0 atom stereocenters. The maximum Gasteiger partial charge on any atom is 0.164 e. The van der Waals surface area contributed by atoms with E-state index in [2.05, 4.69) is 31.9 Å². The fourth-order valence-electron chi connectivity index (χ4n) is 1.06. The summed E-state index contributed by atoms with van der Waals surface area (Å²) in [5.74, 6) is 0.548. The van der Waals surface area contributed by atoms with E-state index in [1.165, 1.54) is 6.92 Å². The van der Waals surface area contributed by atoms with Crippen LogP contribution in [0.5, 0.6) is 5.75 Å². The second kappa shape index (κ2) is 4.24. The van der Waals surface area contributed by atoms with Crippen molar-refractivity contribution in [1.29, 1.82) is 0 Å². The summed E-state index contributed by atoms with van der Waals surface area (Å²) in [6.07, 6.45) is 0. The summed E-state index contributed by atoms with van der Waals surface area (Å²) in [6.45, 7) is 1.51. The number of methoxy groups -OCH3 is 1. The quantitative estimate of drug-likeness (QED) is 0.783. The van der Waals surface area contributed by atoms with Crippen molar-refractivity contribution in [3.05, 3.63) is 26.6 Å². The average Bonchev–Trinajstić information content (AvgIpc) is 2.07. The molecule has 4 heteroatoms. The molecule has 0 fully saturated rings. The highest BCUT2D eigenvalue weighted by Gasteiger charge is 2.14. The van der Waals surface area contributed by atoms with Gasteiger partial charge in [-0.05, 0) is 50.9 Å². The van der Waals surface area contributed by atoms with Crippen LogP contribution in [0, 0.1) is 0 Å². The van der Waals surface area contributed by atoms with E-state index in [0.29, 0.717) is 11.3 Å². The highest BCUT2D eigenvalue weighted by atomic mass is 79.9. The second-order valence-electron chi connectivity index (χ2n) is 2.49. The van der Waals surface area contributed by atoms with E-state index in [4.69, 9.17) is 4.74 Å². The molecular weight excluding hydrogens is 300 g/mol. The van der Waals surface area contributed by atoms with Gasteiger partial charge in [-0.3, -0.25) is 4.79 Å². The Morgan fingerprint density at radius 1 is 1.31 bits per heavy atom. The first-order chi connectivity index (χ1) is 6.07. The second-order valence-corrected chi connectivity index (χ2v) is 4.20. The molecule has 0 amide bonds. The summed E-state index contributed by atoms with van der Waals surface area (Å²) in [7, 11) is 1.54. The van der Waals surface area contributed by atoms with Crippen LogP contribution in [0.1, 0.15) is 17.3 Å². The molecule has 1 aromatic rings. The lowest BCUT2D eigenvalue weighted by Crippen LogP contribution is -1.99. The van der Waals surface area contributed by atoms with Crippen molar-refractivity contribution in [3.63, 3.8) is 0 Å². The van der Waals surface area contributed by atoms with Gasteiger partial charge in [-0.2, -0.15) is 0 Å².